The first-order valence-electron chi connectivity index (χ1n) is 4.07. The van der Waals surface area contributed by atoms with Crippen LogP contribution in [-0.4, -0.2) is 78.5 Å². The van der Waals surface area contributed by atoms with Crippen molar-refractivity contribution < 1.29 is 117 Å². The summed E-state index contributed by atoms with van der Waals surface area (Å²) in [5.74, 6) is -1.14. The molecule has 0 aromatic heterocycles. The average molecular weight is 344 g/mol. The first-order chi connectivity index (χ1) is 7.19. The van der Waals surface area contributed by atoms with E-state index in [1.807, 2.05) is 0 Å². The van der Waals surface area contributed by atoms with Gasteiger partial charge in [-0.2, -0.15) is 0 Å². The fraction of sp³-hybridized carbons (Fsp3) is 0.833. The largest absolute Gasteiger partial charge is 1.00 e. The molecule has 3 atom stereocenters. The number of aliphatic hydroxyl groups excluding tert-OH is 4. The maximum absolute atomic E-state index is 10.7. The van der Waals surface area contributed by atoms with Crippen molar-refractivity contribution in [2.24, 2.45) is 0 Å². The van der Waals surface area contributed by atoms with Crippen LogP contribution in [0.4, 0.5) is 0 Å². The Morgan fingerprint density at radius 1 is 1.15 bits per heavy atom. The van der Waals surface area contributed by atoms with Crippen molar-refractivity contribution in [1.82, 2.24) is 0 Å². The maximum Gasteiger partial charge on any atom is 1.00 e. The quantitative estimate of drug-likeness (QED) is 0.190. The topological polar surface area (TPSA) is 228 Å². The third-order valence-corrected chi connectivity index (χ3v) is 2.10. The zero-order valence-electron chi connectivity index (χ0n) is 13.0. The standard InChI is InChI=1S/C6H13O9P.2Na.2H2O.2H/c7-1-3(8)5(10)6(11)4(9)2-15-16(12,13)14;;;;;;/h4-7,9-11H,1-2H2,(H2,12,13,14);;;2*1H2;;/q;2*+1;;;2*-1/t4-,5-,6-;;;;;;/m1....../s1. The number of carbonyl (C=O) groups excluding carboxylic acids is 1. The van der Waals surface area contributed by atoms with Gasteiger partial charge in [0, 0.05) is 0 Å². The van der Waals surface area contributed by atoms with Crippen molar-refractivity contribution in [3.63, 3.8) is 0 Å². The maximum atomic E-state index is 10.7. The van der Waals surface area contributed by atoms with Crippen LogP contribution >= 0.6 is 7.82 Å². The van der Waals surface area contributed by atoms with Gasteiger partial charge in [0.15, 0.2) is 5.78 Å². The van der Waals surface area contributed by atoms with Crippen molar-refractivity contribution in [2.45, 2.75) is 18.3 Å². The third kappa shape index (κ3) is 14.5. The van der Waals surface area contributed by atoms with Crippen molar-refractivity contribution >= 4 is 13.6 Å². The van der Waals surface area contributed by atoms with Gasteiger partial charge in [-0.3, -0.25) is 9.32 Å². The fourth-order valence-corrected chi connectivity index (χ4v) is 1.11. The molecule has 116 valence electrons. The first-order valence-corrected chi connectivity index (χ1v) is 5.60. The van der Waals surface area contributed by atoms with Crippen LogP contribution in [0.1, 0.15) is 2.85 Å². The summed E-state index contributed by atoms with van der Waals surface area (Å²) in [7, 11) is -4.81. The SMILES string of the molecule is O.O.O=C(CO)[C@@H](O)[C@H](O)[C@H](O)COP(=O)(O)O.[H-].[H-].[Na+].[Na+]. The minimum atomic E-state index is -4.81. The predicted molar refractivity (Wildman–Crippen MR) is 57.6 cm³/mol. The van der Waals surface area contributed by atoms with Crippen LogP contribution < -0.4 is 59.1 Å². The number of aliphatic hydroxyl groups is 4. The van der Waals surface area contributed by atoms with Gasteiger partial charge in [-0.05, 0) is 0 Å². The molecule has 0 unspecified atom stereocenters. The number of ketones is 1. The molecule has 0 radical (unpaired) electrons. The van der Waals surface area contributed by atoms with E-state index >= 15 is 0 Å². The predicted octanol–water partition coefficient (Wildman–Crippen LogP) is -10.7. The van der Waals surface area contributed by atoms with Crippen LogP contribution in [0, 0.1) is 0 Å². The van der Waals surface area contributed by atoms with E-state index in [1.165, 1.54) is 0 Å². The van der Waals surface area contributed by atoms with Crippen LogP contribution in [0.2, 0.25) is 0 Å². The van der Waals surface area contributed by atoms with Crippen molar-refractivity contribution in [3.8, 4) is 0 Å². The van der Waals surface area contributed by atoms with Crippen LogP contribution in [0.25, 0.3) is 0 Å². The van der Waals surface area contributed by atoms with Gasteiger partial charge in [0.25, 0.3) is 0 Å². The zero-order valence-corrected chi connectivity index (χ0v) is 15.9. The summed E-state index contributed by atoms with van der Waals surface area (Å²) >= 11 is 0. The van der Waals surface area contributed by atoms with E-state index in [4.69, 9.17) is 30.2 Å². The van der Waals surface area contributed by atoms with E-state index in [1.54, 1.807) is 0 Å². The molecule has 0 aliphatic carbocycles. The van der Waals surface area contributed by atoms with Gasteiger partial charge in [0.1, 0.15) is 24.9 Å². The molecular weight excluding hydrogens is 325 g/mol. The van der Waals surface area contributed by atoms with Crippen LogP contribution in [0.3, 0.4) is 0 Å². The number of hydrogen-bond acceptors (Lipinski definition) is 7. The number of phosphoric ester groups is 1. The van der Waals surface area contributed by atoms with Crippen LogP contribution in [0.5, 0.6) is 0 Å². The summed E-state index contributed by atoms with van der Waals surface area (Å²) in [6.07, 6.45) is -5.94. The molecular formula is C6H19Na2O11P. The molecule has 0 aliphatic rings. The summed E-state index contributed by atoms with van der Waals surface area (Å²) in [5, 5.41) is 35.6. The van der Waals surface area contributed by atoms with Gasteiger partial charge in [-0.1, -0.05) is 0 Å². The smallest absolute Gasteiger partial charge is 1.00 e. The Balaban J connectivity index is -0.0000000750. The van der Waals surface area contributed by atoms with E-state index in [-0.39, 0.29) is 72.9 Å². The molecule has 0 saturated carbocycles. The Labute approximate surface area is 161 Å². The minimum absolute atomic E-state index is 0. The second-order valence-electron chi connectivity index (χ2n) is 2.91. The molecule has 0 bridgehead atoms. The Morgan fingerprint density at radius 3 is 1.85 bits per heavy atom. The van der Waals surface area contributed by atoms with Gasteiger partial charge < -0.3 is 44.0 Å². The van der Waals surface area contributed by atoms with Crippen LogP contribution in [-0.2, 0) is 13.9 Å². The van der Waals surface area contributed by atoms with E-state index in [0.717, 1.165) is 0 Å². The van der Waals surface area contributed by atoms with E-state index in [9.17, 15) is 9.36 Å². The Hall–Kier alpha value is 1.54. The molecule has 10 N–H and O–H groups in total. The molecule has 14 heteroatoms. The van der Waals surface area contributed by atoms with Crippen molar-refractivity contribution in [2.75, 3.05) is 13.2 Å². The molecule has 0 saturated heterocycles. The summed E-state index contributed by atoms with van der Waals surface area (Å²) in [6.45, 7) is -2.01. The fourth-order valence-electron chi connectivity index (χ4n) is 0.766. The molecule has 0 aromatic carbocycles. The van der Waals surface area contributed by atoms with E-state index in [0.29, 0.717) is 0 Å². The molecule has 0 spiro atoms. The first kappa shape index (κ1) is 33.2. The second-order valence-corrected chi connectivity index (χ2v) is 4.15. The van der Waals surface area contributed by atoms with Gasteiger partial charge in [0.05, 0.1) is 6.61 Å². The normalized spacial score (nSPS) is 14.3. The van der Waals surface area contributed by atoms with Gasteiger partial charge >= 0.3 is 66.9 Å². The zero-order chi connectivity index (χ0) is 12.9. The van der Waals surface area contributed by atoms with Gasteiger partial charge in [0.2, 0.25) is 0 Å². The molecule has 11 nitrogen and oxygen atoms in total. The number of hydrogen-bond donors (Lipinski definition) is 6. The Bertz CT molecular complexity index is 294. The monoisotopic (exact) mass is 344 g/mol. The van der Waals surface area contributed by atoms with Crippen LogP contribution in [0.15, 0.2) is 0 Å². The molecule has 0 rings (SSSR count). The van der Waals surface area contributed by atoms with E-state index < -0.39 is 45.1 Å². The molecule has 0 fully saturated rings. The second kappa shape index (κ2) is 15.4. The summed E-state index contributed by atoms with van der Waals surface area (Å²) in [6, 6.07) is 0. The summed E-state index contributed by atoms with van der Waals surface area (Å²) < 4.78 is 14.1. The van der Waals surface area contributed by atoms with Crippen molar-refractivity contribution in [3.05, 3.63) is 0 Å². The number of rotatable bonds is 7. The summed E-state index contributed by atoms with van der Waals surface area (Å²) in [4.78, 5) is 27.2. The minimum Gasteiger partial charge on any atom is -1.00 e. The number of carbonyl (C=O) groups is 1. The third-order valence-electron chi connectivity index (χ3n) is 1.62. The number of phosphoric acid groups is 1. The Morgan fingerprint density at radius 2 is 1.55 bits per heavy atom. The van der Waals surface area contributed by atoms with Gasteiger partial charge in [-0.25, -0.2) is 4.57 Å². The summed E-state index contributed by atoms with van der Waals surface area (Å²) in [5.41, 5.74) is 0. The Kier molecular flexibility index (Phi) is 25.6. The average Bonchev–Trinajstić information content (AvgIpc) is 2.21. The van der Waals surface area contributed by atoms with E-state index in [2.05, 4.69) is 4.52 Å². The van der Waals surface area contributed by atoms with Crippen molar-refractivity contribution in [1.29, 1.82) is 0 Å². The molecule has 20 heavy (non-hydrogen) atoms. The molecule has 0 amide bonds. The van der Waals surface area contributed by atoms with Gasteiger partial charge in [-0.15, -0.1) is 0 Å². The molecule has 0 aliphatic heterocycles. The molecule has 0 aromatic rings. The number of Topliss-reactive ketones (excluding diaryl/α,β-unsaturated/α-hetero) is 1. The molecule has 0 heterocycles.